The monoisotopic (exact) mass is 317 g/mol. The Kier molecular flexibility index (Phi) is 3.70. The van der Waals surface area contributed by atoms with Gasteiger partial charge < -0.3 is 0 Å². The average molecular weight is 318 g/mol. The second-order valence-corrected chi connectivity index (χ2v) is 5.74. The second-order valence-electron chi connectivity index (χ2n) is 5.37. The summed E-state index contributed by atoms with van der Waals surface area (Å²) >= 11 is 6.16. The smallest absolute Gasteiger partial charge is 0.250 e. The third kappa shape index (κ3) is 2.39. The zero-order valence-electron chi connectivity index (χ0n) is 12.6. The lowest BCUT2D eigenvalue weighted by Crippen LogP contribution is -2.19. The number of fused-ring (bicyclic) bond motifs is 1. The summed E-state index contributed by atoms with van der Waals surface area (Å²) in [5.74, 6) is -0.120. The summed E-state index contributed by atoms with van der Waals surface area (Å²) in [6.07, 6.45) is 0.269. The lowest BCUT2D eigenvalue weighted by atomic mass is 10.2. The number of benzene rings is 1. The molecule has 0 bridgehead atoms. The Morgan fingerprint density at radius 1 is 1.32 bits per heavy atom. The standard InChI is InChI=1S/C15H16ClN5O/c1-9(20-11(3)15(16)10(2)18-20)8-14(22)21-13-7-5-4-6-12(13)17-19-21/h4-7,9H,8H2,1-3H3. The van der Waals surface area contributed by atoms with Gasteiger partial charge in [0.2, 0.25) is 0 Å². The second kappa shape index (κ2) is 5.53. The Morgan fingerprint density at radius 3 is 2.73 bits per heavy atom. The summed E-state index contributed by atoms with van der Waals surface area (Å²) in [7, 11) is 0. The first-order valence-electron chi connectivity index (χ1n) is 7.04. The number of aromatic nitrogens is 5. The molecule has 6 nitrogen and oxygen atoms in total. The molecule has 0 saturated heterocycles. The quantitative estimate of drug-likeness (QED) is 0.744. The SMILES string of the molecule is Cc1nn(C(C)CC(=O)n2nnc3ccccc32)c(C)c1Cl. The van der Waals surface area contributed by atoms with Gasteiger partial charge in [0, 0.05) is 0 Å². The van der Waals surface area contributed by atoms with E-state index in [4.69, 9.17) is 11.6 Å². The van der Waals surface area contributed by atoms with Gasteiger partial charge in [-0.05, 0) is 32.9 Å². The predicted octanol–water partition coefficient (Wildman–Crippen LogP) is 3.19. The van der Waals surface area contributed by atoms with Crippen LogP contribution >= 0.6 is 11.6 Å². The van der Waals surface area contributed by atoms with E-state index in [1.165, 1.54) is 4.68 Å². The van der Waals surface area contributed by atoms with Gasteiger partial charge in [-0.2, -0.15) is 9.78 Å². The van der Waals surface area contributed by atoms with Gasteiger partial charge in [-0.15, -0.1) is 5.10 Å². The Hall–Kier alpha value is -2.21. The van der Waals surface area contributed by atoms with E-state index in [9.17, 15) is 4.79 Å². The highest BCUT2D eigenvalue weighted by Crippen LogP contribution is 2.24. The molecule has 3 rings (SSSR count). The van der Waals surface area contributed by atoms with Crippen molar-refractivity contribution in [2.24, 2.45) is 0 Å². The van der Waals surface area contributed by atoms with Crippen LogP contribution in [0.1, 0.15) is 35.6 Å². The van der Waals surface area contributed by atoms with Crippen molar-refractivity contribution in [3.63, 3.8) is 0 Å². The number of hydrogen-bond donors (Lipinski definition) is 0. The molecule has 0 aliphatic carbocycles. The normalized spacial score (nSPS) is 12.7. The van der Waals surface area contributed by atoms with Crippen LogP contribution in [-0.4, -0.2) is 30.7 Å². The Balaban J connectivity index is 1.86. The first kappa shape index (κ1) is 14.7. The Morgan fingerprint density at radius 2 is 2.05 bits per heavy atom. The Bertz CT molecular complexity index is 851. The summed E-state index contributed by atoms with van der Waals surface area (Å²) < 4.78 is 3.13. The largest absolute Gasteiger partial charge is 0.272 e. The molecule has 2 aromatic heterocycles. The van der Waals surface area contributed by atoms with E-state index in [2.05, 4.69) is 15.4 Å². The number of hydrogen-bond acceptors (Lipinski definition) is 4. The topological polar surface area (TPSA) is 65.6 Å². The number of carbonyl (C=O) groups is 1. The number of halogens is 1. The molecule has 0 spiro atoms. The van der Waals surface area contributed by atoms with E-state index in [1.54, 1.807) is 4.68 Å². The molecule has 0 fully saturated rings. The van der Waals surface area contributed by atoms with E-state index < -0.39 is 0 Å². The number of aryl methyl sites for hydroxylation is 1. The van der Waals surface area contributed by atoms with Crippen LogP contribution in [0.3, 0.4) is 0 Å². The molecule has 1 atom stereocenters. The van der Waals surface area contributed by atoms with E-state index in [1.807, 2.05) is 45.0 Å². The minimum absolute atomic E-state index is 0.110. The van der Waals surface area contributed by atoms with Crippen molar-refractivity contribution in [3.05, 3.63) is 40.7 Å². The molecule has 0 aliphatic heterocycles. The molecular weight excluding hydrogens is 302 g/mol. The first-order valence-corrected chi connectivity index (χ1v) is 7.41. The highest BCUT2D eigenvalue weighted by molar-refractivity contribution is 6.31. The van der Waals surface area contributed by atoms with Gasteiger partial charge in [-0.3, -0.25) is 9.48 Å². The summed E-state index contributed by atoms with van der Waals surface area (Å²) in [5.41, 5.74) is 3.05. The van der Waals surface area contributed by atoms with Crippen LogP contribution in [0.25, 0.3) is 11.0 Å². The van der Waals surface area contributed by atoms with Crippen LogP contribution in [-0.2, 0) is 0 Å². The summed E-state index contributed by atoms with van der Waals surface area (Å²) in [6, 6.07) is 7.28. The Labute approximate surface area is 132 Å². The molecule has 0 aliphatic rings. The fraction of sp³-hybridized carbons (Fsp3) is 0.333. The maximum atomic E-state index is 12.5. The molecule has 0 radical (unpaired) electrons. The van der Waals surface area contributed by atoms with Crippen LogP contribution in [0, 0.1) is 13.8 Å². The number of nitrogens with zero attached hydrogens (tertiary/aromatic N) is 5. The first-order chi connectivity index (χ1) is 10.5. The van der Waals surface area contributed by atoms with Crippen LogP contribution < -0.4 is 0 Å². The maximum absolute atomic E-state index is 12.5. The highest BCUT2D eigenvalue weighted by Gasteiger charge is 2.19. The minimum atomic E-state index is -0.120. The highest BCUT2D eigenvalue weighted by atomic mass is 35.5. The number of para-hydroxylation sites is 1. The summed E-state index contributed by atoms with van der Waals surface area (Å²) in [5, 5.41) is 13.0. The molecule has 1 aromatic carbocycles. The third-order valence-electron chi connectivity index (χ3n) is 3.71. The van der Waals surface area contributed by atoms with Crippen molar-refractivity contribution in [2.75, 3.05) is 0 Å². The van der Waals surface area contributed by atoms with Gasteiger partial charge in [0.25, 0.3) is 5.91 Å². The van der Waals surface area contributed by atoms with E-state index in [0.717, 1.165) is 11.4 Å². The maximum Gasteiger partial charge on any atom is 0.250 e. The van der Waals surface area contributed by atoms with Crippen molar-refractivity contribution >= 4 is 28.5 Å². The van der Waals surface area contributed by atoms with Gasteiger partial charge in [-0.25, -0.2) is 0 Å². The predicted molar refractivity (Wildman–Crippen MR) is 84.2 cm³/mol. The molecular formula is C15H16ClN5O. The summed E-state index contributed by atoms with van der Waals surface area (Å²) in [4.78, 5) is 12.5. The summed E-state index contributed by atoms with van der Waals surface area (Å²) in [6.45, 7) is 5.69. The van der Waals surface area contributed by atoms with Crippen molar-refractivity contribution in [1.82, 2.24) is 24.8 Å². The minimum Gasteiger partial charge on any atom is -0.272 e. The van der Waals surface area contributed by atoms with Gasteiger partial charge in [-0.1, -0.05) is 28.9 Å². The fourth-order valence-corrected chi connectivity index (χ4v) is 2.68. The van der Waals surface area contributed by atoms with Crippen LogP contribution in [0.15, 0.2) is 24.3 Å². The van der Waals surface area contributed by atoms with Gasteiger partial charge in [0.15, 0.2) is 0 Å². The van der Waals surface area contributed by atoms with E-state index >= 15 is 0 Å². The molecule has 114 valence electrons. The third-order valence-corrected chi connectivity index (χ3v) is 4.26. The molecule has 1 unspecified atom stereocenters. The van der Waals surface area contributed by atoms with E-state index in [-0.39, 0.29) is 18.4 Å². The molecule has 7 heteroatoms. The van der Waals surface area contributed by atoms with Crippen LogP contribution in [0.2, 0.25) is 5.02 Å². The average Bonchev–Trinajstić information content (AvgIpc) is 3.04. The van der Waals surface area contributed by atoms with Gasteiger partial charge >= 0.3 is 0 Å². The molecule has 3 aromatic rings. The molecule has 0 saturated carbocycles. The molecule has 0 N–H and O–H groups in total. The van der Waals surface area contributed by atoms with Gasteiger partial charge in [0.05, 0.1) is 34.4 Å². The molecule has 2 heterocycles. The fourth-order valence-electron chi connectivity index (χ4n) is 2.55. The van der Waals surface area contributed by atoms with E-state index in [0.29, 0.717) is 16.1 Å². The molecule has 0 amide bonds. The van der Waals surface area contributed by atoms with Crippen LogP contribution in [0.4, 0.5) is 0 Å². The number of rotatable bonds is 3. The van der Waals surface area contributed by atoms with Gasteiger partial charge in [0.1, 0.15) is 5.52 Å². The van der Waals surface area contributed by atoms with Crippen molar-refractivity contribution in [3.8, 4) is 0 Å². The lowest BCUT2D eigenvalue weighted by molar-refractivity contribution is 0.0869. The van der Waals surface area contributed by atoms with Crippen molar-refractivity contribution < 1.29 is 4.79 Å². The number of carbonyl (C=O) groups excluding carboxylic acids is 1. The zero-order chi connectivity index (χ0) is 15.9. The zero-order valence-corrected chi connectivity index (χ0v) is 13.4. The molecule has 22 heavy (non-hydrogen) atoms. The van der Waals surface area contributed by atoms with Crippen LogP contribution in [0.5, 0.6) is 0 Å². The van der Waals surface area contributed by atoms with Crippen molar-refractivity contribution in [2.45, 2.75) is 33.2 Å². The van der Waals surface area contributed by atoms with Crippen molar-refractivity contribution in [1.29, 1.82) is 0 Å². The lowest BCUT2D eigenvalue weighted by Gasteiger charge is -2.13.